The first kappa shape index (κ1) is 11.5. The highest BCUT2D eigenvalue weighted by molar-refractivity contribution is 8.15. The lowest BCUT2D eigenvalue weighted by atomic mass is 10.1. The van der Waals surface area contributed by atoms with Crippen molar-refractivity contribution in [3.05, 3.63) is 29.3 Å². The minimum absolute atomic E-state index is 0.659. The van der Waals surface area contributed by atoms with Crippen molar-refractivity contribution in [2.75, 3.05) is 11.9 Å². The Morgan fingerprint density at radius 3 is 2.62 bits per heavy atom. The van der Waals surface area contributed by atoms with E-state index in [1.54, 1.807) is 0 Å². The van der Waals surface area contributed by atoms with Crippen LogP contribution < -0.4 is 5.32 Å². The van der Waals surface area contributed by atoms with E-state index in [-0.39, 0.29) is 0 Å². The van der Waals surface area contributed by atoms with Gasteiger partial charge in [0.25, 0.3) is 0 Å². The fraction of sp³-hybridized carbons (Fsp3) is 0.462. The molecule has 0 spiro atoms. The van der Waals surface area contributed by atoms with Gasteiger partial charge in [-0.1, -0.05) is 36.9 Å². The van der Waals surface area contributed by atoms with E-state index in [2.05, 4.69) is 49.3 Å². The van der Waals surface area contributed by atoms with Gasteiger partial charge in [0, 0.05) is 10.9 Å². The molecule has 0 bridgehead atoms. The summed E-state index contributed by atoms with van der Waals surface area (Å²) >= 11 is 1.86. The fourth-order valence-corrected chi connectivity index (χ4v) is 2.76. The van der Waals surface area contributed by atoms with E-state index in [1.807, 2.05) is 11.8 Å². The van der Waals surface area contributed by atoms with Crippen LogP contribution in [0, 0.1) is 13.8 Å². The predicted octanol–water partition coefficient (Wildman–Crippen LogP) is 3.60. The molecule has 0 saturated heterocycles. The molecule has 2 nitrogen and oxygen atoms in total. The summed E-state index contributed by atoms with van der Waals surface area (Å²) in [5.74, 6) is 0. The second-order valence-corrected chi connectivity index (χ2v) is 5.47. The van der Waals surface area contributed by atoms with Crippen molar-refractivity contribution >= 4 is 22.6 Å². The second-order valence-electron chi connectivity index (χ2n) is 4.19. The zero-order valence-corrected chi connectivity index (χ0v) is 10.9. The number of hydrogen-bond donors (Lipinski definition) is 1. The summed E-state index contributed by atoms with van der Waals surface area (Å²) in [5.41, 5.74) is 3.78. The molecule has 0 fully saturated rings. The number of para-hydroxylation sites is 1. The molecule has 16 heavy (non-hydrogen) atoms. The molecular formula is C13H18N2S. The molecule has 0 aliphatic carbocycles. The first-order chi connectivity index (χ1) is 7.70. The van der Waals surface area contributed by atoms with E-state index in [4.69, 9.17) is 0 Å². The molecule has 0 aromatic heterocycles. The van der Waals surface area contributed by atoms with Crippen molar-refractivity contribution < 1.29 is 0 Å². The quantitative estimate of drug-likeness (QED) is 0.845. The molecule has 0 saturated carbocycles. The fourth-order valence-electron chi connectivity index (χ4n) is 1.82. The van der Waals surface area contributed by atoms with Crippen LogP contribution in [0.5, 0.6) is 0 Å². The van der Waals surface area contributed by atoms with Crippen molar-refractivity contribution in [2.24, 2.45) is 4.99 Å². The summed E-state index contributed by atoms with van der Waals surface area (Å²) in [6.07, 6.45) is 1.19. The lowest BCUT2D eigenvalue weighted by molar-refractivity contribution is 0.843. The van der Waals surface area contributed by atoms with E-state index >= 15 is 0 Å². The number of nitrogens with zero attached hydrogens (tertiary/aromatic N) is 1. The van der Waals surface area contributed by atoms with Crippen LogP contribution in [0.25, 0.3) is 0 Å². The average Bonchev–Trinajstić information content (AvgIpc) is 2.71. The summed E-state index contributed by atoms with van der Waals surface area (Å²) in [6.45, 7) is 7.43. The third-order valence-corrected chi connectivity index (χ3v) is 4.16. The zero-order chi connectivity index (χ0) is 11.5. The molecule has 86 valence electrons. The molecule has 1 aromatic rings. The van der Waals surface area contributed by atoms with Gasteiger partial charge >= 0.3 is 0 Å². The molecule has 1 aliphatic rings. The third kappa shape index (κ3) is 2.40. The van der Waals surface area contributed by atoms with Crippen molar-refractivity contribution in [2.45, 2.75) is 32.4 Å². The largest absolute Gasteiger partial charge is 0.335 e. The van der Waals surface area contributed by atoms with Crippen molar-refractivity contribution in [3.63, 3.8) is 0 Å². The maximum Gasteiger partial charge on any atom is 0.161 e. The molecule has 1 aromatic carbocycles. The Morgan fingerprint density at radius 1 is 1.38 bits per heavy atom. The summed E-state index contributed by atoms with van der Waals surface area (Å²) < 4.78 is 0. The number of benzene rings is 1. The van der Waals surface area contributed by atoms with Gasteiger partial charge in [-0.25, -0.2) is 0 Å². The van der Waals surface area contributed by atoms with Crippen LogP contribution in [0.3, 0.4) is 0 Å². The highest BCUT2D eigenvalue weighted by Crippen LogP contribution is 2.27. The van der Waals surface area contributed by atoms with Gasteiger partial charge in [0.1, 0.15) is 0 Å². The maximum absolute atomic E-state index is 4.53. The van der Waals surface area contributed by atoms with Crippen LogP contribution in [0.2, 0.25) is 0 Å². The second kappa shape index (κ2) is 4.91. The van der Waals surface area contributed by atoms with Gasteiger partial charge in [0.15, 0.2) is 5.17 Å². The zero-order valence-electron chi connectivity index (χ0n) is 10.1. The summed E-state index contributed by atoms with van der Waals surface area (Å²) in [4.78, 5) is 4.53. The van der Waals surface area contributed by atoms with Gasteiger partial charge in [0.2, 0.25) is 0 Å². The standard InChI is InChI=1S/C13H18N2S/c1-4-11-8-14-13(16-11)15-12-9(2)6-5-7-10(12)3/h5-7,11H,4,8H2,1-3H3,(H,14,15). The van der Waals surface area contributed by atoms with Crippen LogP contribution in [-0.2, 0) is 0 Å². The third-order valence-electron chi connectivity index (χ3n) is 2.89. The number of hydrogen-bond acceptors (Lipinski definition) is 3. The molecular weight excluding hydrogens is 216 g/mol. The number of aliphatic imine (C=N–C) groups is 1. The molecule has 0 amide bonds. The van der Waals surface area contributed by atoms with Gasteiger partial charge in [0.05, 0.1) is 6.54 Å². The number of thioether (sulfide) groups is 1. The molecule has 1 heterocycles. The molecule has 2 rings (SSSR count). The van der Waals surface area contributed by atoms with Gasteiger partial charge in [-0.2, -0.15) is 0 Å². The Kier molecular flexibility index (Phi) is 3.54. The number of rotatable bonds is 2. The Hall–Kier alpha value is -0.960. The molecule has 3 heteroatoms. The van der Waals surface area contributed by atoms with Crippen LogP contribution >= 0.6 is 11.8 Å². The van der Waals surface area contributed by atoms with E-state index in [0.29, 0.717) is 5.25 Å². The lowest BCUT2D eigenvalue weighted by Crippen LogP contribution is -2.09. The van der Waals surface area contributed by atoms with Crippen LogP contribution in [0.1, 0.15) is 24.5 Å². The molecule has 0 radical (unpaired) electrons. The van der Waals surface area contributed by atoms with Gasteiger partial charge in [-0.05, 0) is 31.4 Å². The number of amidine groups is 1. The van der Waals surface area contributed by atoms with Gasteiger partial charge in [-0.3, -0.25) is 4.99 Å². The van der Waals surface area contributed by atoms with Gasteiger partial charge < -0.3 is 5.32 Å². The first-order valence-electron chi connectivity index (χ1n) is 5.75. The van der Waals surface area contributed by atoms with Gasteiger partial charge in [-0.15, -0.1) is 0 Å². The monoisotopic (exact) mass is 234 g/mol. The van der Waals surface area contributed by atoms with Crippen LogP contribution in [0.15, 0.2) is 23.2 Å². The Labute approximate surface area is 102 Å². The van der Waals surface area contributed by atoms with Crippen LogP contribution in [-0.4, -0.2) is 17.0 Å². The van der Waals surface area contributed by atoms with E-state index < -0.39 is 0 Å². The maximum atomic E-state index is 4.53. The highest BCUT2D eigenvalue weighted by atomic mass is 32.2. The smallest absolute Gasteiger partial charge is 0.161 e. The minimum atomic E-state index is 0.659. The summed E-state index contributed by atoms with van der Waals surface area (Å²) in [7, 11) is 0. The predicted molar refractivity (Wildman–Crippen MR) is 73.5 cm³/mol. The van der Waals surface area contributed by atoms with Crippen molar-refractivity contribution in [3.8, 4) is 0 Å². The molecule has 1 aliphatic heterocycles. The summed E-state index contributed by atoms with van der Waals surface area (Å²) in [5, 5.41) is 5.19. The van der Waals surface area contributed by atoms with Crippen molar-refractivity contribution in [1.82, 2.24) is 0 Å². The molecule has 1 atom stereocenters. The Bertz CT molecular complexity index is 392. The van der Waals surface area contributed by atoms with E-state index in [1.165, 1.54) is 23.2 Å². The minimum Gasteiger partial charge on any atom is -0.335 e. The average molecular weight is 234 g/mol. The molecule has 1 N–H and O–H groups in total. The number of anilines is 1. The summed E-state index contributed by atoms with van der Waals surface area (Å²) in [6, 6.07) is 6.36. The number of aryl methyl sites for hydroxylation is 2. The lowest BCUT2D eigenvalue weighted by Gasteiger charge is -2.12. The SMILES string of the molecule is CCC1CN=C(Nc2c(C)cccc2C)S1. The van der Waals surface area contributed by atoms with E-state index in [9.17, 15) is 0 Å². The number of nitrogens with one attached hydrogen (secondary N) is 1. The van der Waals surface area contributed by atoms with Crippen LogP contribution in [0.4, 0.5) is 5.69 Å². The normalized spacial score (nSPS) is 19.7. The van der Waals surface area contributed by atoms with Crippen molar-refractivity contribution in [1.29, 1.82) is 0 Å². The Morgan fingerprint density at radius 2 is 2.06 bits per heavy atom. The first-order valence-corrected chi connectivity index (χ1v) is 6.63. The highest BCUT2D eigenvalue weighted by Gasteiger charge is 2.18. The topological polar surface area (TPSA) is 24.4 Å². The Balaban J connectivity index is 2.11. The molecule has 1 unspecified atom stereocenters. The van der Waals surface area contributed by atoms with E-state index in [0.717, 1.165) is 11.7 Å².